The number of hydrogen-bond donors (Lipinski definition) is 0. The predicted octanol–water partition coefficient (Wildman–Crippen LogP) is 2.66. The van der Waals surface area contributed by atoms with E-state index in [1.54, 1.807) is 29.2 Å². The quantitative estimate of drug-likeness (QED) is 0.846. The van der Waals surface area contributed by atoms with Gasteiger partial charge in [0, 0.05) is 6.07 Å². The molecule has 1 aromatic heterocycles. The summed E-state index contributed by atoms with van der Waals surface area (Å²) in [5, 5.41) is 4.96. The van der Waals surface area contributed by atoms with E-state index in [2.05, 4.69) is 10.1 Å². The number of rotatable bonds is 4. The molecule has 0 aliphatic heterocycles. The smallest absolute Gasteiger partial charge is 0.137 e. The number of ether oxygens (including phenoxy) is 1. The molecule has 84 valence electrons. The summed E-state index contributed by atoms with van der Waals surface area (Å²) >= 11 is 11.6. The zero-order valence-corrected chi connectivity index (χ0v) is 9.82. The lowest BCUT2D eigenvalue weighted by Gasteiger charge is -2.06. The van der Waals surface area contributed by atoms with Gasteiger partial charge < -0.3 is 4.74 Å². The Bertz CT molecular complexity index is 459. The van der Waals surface area contributed by atoms with Gasteiger partial charge in [-0.2, -0.15) is 5.10 Å². The van der Waals surface area contributed by atoms with E-state index in [1.807, 2.05) is 0 Å². The topological polar surface area (TPSA) is 39.9 Å². The first-order valence-electron chi connectivity index (χ1n) is 4.66. The lowest BCUT2D eigenvalue weighted by molar-refractivity contribution is 0.291. The van der Waals surface area contributed by atoms with Crippen LogP contribution in [-0.4, -0.2) is 21.4 Å². The monoisotopic (exact) mass is 257 g/mol. The molecule has 1 heterocycles. The van der Waals surface area contributed by atoms with Gasteiger partial charge in [0.05, 0.1) is 16.6 Å². The van der Waals surface area contributed by atoms with Crippen LogP contribution in [-0.2, 0) is 6.54 Å². The number of benzene rings is 1. The van der Waals surface area contributed by atoms with Gasteiger partial charge in [-0.1, -0.05) is 23.2 Å². The van der Waals surface area contributed by atoms with Gasteiger partial charge in [0.15, 0.2) is 0 Å². The number of hydrogen-bond acceptors (Lipinski definition) is 3. The zero-order chi connectivity index (χ0) is 11.4. The molecule has 0 atom stereocenters. The molecule has 4 nitrogen and oxygen atoms in total. The first kappa shape index (κ1) is 11.2. The number of nitrogens with zero attached hydrogens (tertiary/aromatic N) is 3. The van der Waals surface area contributed by atoms with Crippen LogP contribution < -0.4 is 4.74 Å². The maximum atomic E-state index is 5.85. The Morgan fingerprint density at radius 2 is 2.12 bits per heavy atom. The van der Waals surface area contributed by atoms with Crippen LogP contribution in [0.2, 0.25) is 10.0 Å². The molecule has 1 aromatic carbocycles. The molecule has 2 aromatic rings. The summed E-state index contributed by atoms with van der Waals surface area (Å²) in [7, 11) is 0. The van der Waals surface area contributed by atoms with E-state index in [4.69, 9.17) is 27.9 Å². The summed E-state index contributed by atoms with van der Waals surface area (Å²) in [5.41, 5.74) is 0. The van der Waals surface area contributed by atoms with Crippen LogP contribution in [0, 0.1) is 0 Å². The second-order valence-electron chi connectivity index (χ2n) is 3.08. The van der Waals surface area contributed by atoms with E-state index in [1.165, 1.54) is 6.33 Å². The van der Waals surface area contributed by atoms with Crippen molar-refractivity contribution in [3.8, 4) is 5.75 Å². The second kappa shape index (κ2) is 5.18. The van der Waals surface area contributed by atoms with Gasteiger partial charge in [0.25, 0.3) is 0 Å². The average molecular weight is 258 g/mol. The minimum absolute atomic E-state index is 0.486. The summed E-state index contributed by atoms with van der Waals surface area (Å²) in [6, 6.07) is 5.16. The Morgan fingerprint density at radius 1 is 1.25 bits per heavy atom. The zero-order valence-electron chi connectivity index (χ0n) is 8.31. The van der Waals surface area contributed by atoms with E-state index in [9.17, 15) is 0 Å². The Balaban J connectivity index is 1.87. The van der Waals surface area contributed by atoms with Gasteiger partial charge in [-0.3, -0.25) is 0 Å². The van der Waals surface area contributed by atoms with E-state index < -0.39 is 0 Å². The van der Waals surface area contributed by atoms with E-state index >= 15 is 0 Å². The van der Waals surface area contributed by atoms with Crippen molar-refractivity contribution >= 4 is 23.2 Å². The molecule has 0 radical (unpaired) electrons. The molecule has 0 saturated heterocycles. The molecule has 2 rings (SSSR count). The first-order valence-corrected chi connectivity index (χ1v) is 5.41. The van der Waals surface area contributed by atoms with Crippen molar-refractivity contribution in [1.29, 1.82) is 0 Å². The highest BCUT2D eigenvalue weighted by Gasteiger charge is 2.00. The Hall–Kier alpha value is -1.26. The SMILES string of the molecule is Clc1ccc(OCCn2cncn2)cc1Cl. The number of aromatic nitrogens is 3. The fourth-order valence-corrected chi connectivity index (χ4v) is 1.46. The third kappa shape index (κ3) is 2.87. The normalized spacial score (nSPS) is 10.4. The Kier molecular flexibility index (Phi) is 3.64. The Labute approximate surface area is 103 Å². The molecule has 0 aliphatic carbocycles. The third-order valence-electron chi connectivity index (χ3n) is 1.95. The van der Waals surface area contributed by atoms with Crippen molar-refractivity contribution in [3.05, 3.63) is 40.9 Å². The molecule has 0 saturated carbocycles. The maximum Gasteiger partial charge on any atom is 0.137 e. The lowest BCUT2D eigenvalue weighted by atomic mass is 10.3. The van der Waals surface area contributed by atoms with Crippen LogP contribution in [0.25, 0.3) is 0 Å². The first-order chi connectivity index (χ1) is 7.75. The molecule has 0 amide bonds. The van der Waals surface area contributed by atoms with E-state index in [-0.39, 0.29) is 0 Å². The molecule has 0 N–H and O–H groups in total. The van der Waals surface area contributed by atoms with Crippen LogP contribution in [0.4, 0.5) is 0 Å². The van der Waals surface area contributed by atoms with E-state index in [0.717, 1.165) is 0 Å². The lowest BCUT2D eigenvalue weighted by Crippen LogP contribution is -2.08. The fourth-order valence-electron chi connectivity index (χ4n) is 1.17. The molecular formula is C10H9Cl2N3O. The fraction of sp³-hybridized carbons (Fsp3) is 0.200. The van der Waals surface area contributed by atoms with Gasteiger partial charge in [-0.15, -0.1) is 0 Å². The van der Waals surface area contributed by atoms with Crippen LogP contribution in [0.15, 0.2) is 30.9 Å². The van der Waals surface area contributed by atoms with Crippen molar-refractivity contribution in [3.63, 3.8) is 0 Å². The standard InChI is InChI=1S/C10H9Cl2N3O/c11-9-2-1-8(5-10(9)12)16-4-3-15-7-13-6-14-15/h1-2,5-7H,3-4H2. The van der Waals surface area contributed by atoms with Gasteiger partial charge >= 0.3 is 0 Å². The average Bonchev–Trinajstić information content (AvgIpc) is 2.76. The molecule has 0 aliphatic rings. The van der Waals surface area contributed by atoms with Crippen LogP contribution in [0.5, 0.6) is 5.75 Å². The van der Waals surface area contributed by atoms with Crippen LogP contribution in [0.3, 0.4) is 0 Å². The highest BCUT2D eigenvalue weighted by molar-refractivity contribution is 6.42. The van der Waals surface area contributed by atoms with E-state index in [0.29, 0.717) is 28.9 Å². The molecule has 0 spiro atoms. The molecule has 16 heavy (non-hydrogen) atoms. The summed E-state index contributed by atoms with van der Waals surface area (Å²) in [6.45, 7) is 1.14. The highest BCUT2D eigenvalue weighted by atomic mass is 35.5. The van der Waals surface area contributed by atoms with Crippen molar-refractivity contribution in [1.82, 2.24) is 14.8 Å². The van der Waals surface area contributed by atoms with Crippen LogP contribution in [0.1, 0.15) is 0 Å². The van der Waals surface area contributed by atoms with Crippen molar-refractivity contribution in [2.45, 2.75) is 6.54 Å². The number of halogens is 2. The summed E-state index contributed by atoms with van der Waals surface area (Å²) in [5.74, 6) is 0.689. The molecule has 0 fully saturated rings. The minimum atomic E-state index is 0.486. The van der Waals surface area contributed by atoms with Gasteiger partial charge in [-0.25, -0.2) is 9.67 Å². The maximum absolute atomic E-state index is 5.85. The van der Waals surface area contributed by atoms with Crippen molar-refractivity contribution < 1.29 is 4.74 Å². The van der Waals surface area contributed by atoms with Gasteiger partial charge in [0.2, 0.25) is 0 Å². The summed E-state index contributed by atoms with van der Waals surface area (Å²) < 4.78 is 7.18. The van der Waals surface area contributed by atoms with Crippen molar-refractivity contribution in [2.24, 2.45) is 0 Å². The molecule has 0 unspecified atom stereocenters. The Morgan fingerprint density at radius 3 is 2.81 bits per heavy atom. The summed E-state index contributed by atoms with van der Waals surface area (Å²) in [4.78, 5) is 3.83. The van der Waals surface area contributed by atoms with Gasteiger partial charge in [-0.05, 0) is 12.1 Å². The largest absolute Gasteiger partial charge is 0.492 e. The minimum Gasteiger partial charge on any atom is -0.492 e. The second-order valence-corrected chi connectivity index (χ2v) is 3.90. The predicted molar refractivity (Wildman–Crippen MR) is 62.0 cm³/mol. The highest BCUT2D eigenvalue weighted by Crippen LogP contribution is 2.26. The van der Waals surface area contributed by atoms with Crippen LogP contribution >= 0.6 is 23.2 Å². The summed E-state index contributed by atoms with van der Waals surface area (Å²) in [6.07, 6.45) is 3.12. The molecular weight excluding hydrogens is 249 g/mol. The van der Waals surface area contributed by atoms with Crippen molar-refractivity contribution in [2.75, 3.05) is 6.61 Å². The third-order valence-corrected chi connectivity index (χ3v) is 2.69. The molecule has 0 bridgehead atoms. The van der Waals surface area contributed by atoms with Gasteiger partial charge in [0.1, 0.15) is 25.0 Å². The molecule has 6 heteroatoms.